The van der Waals surface area contributed by atoms with Gasteiger partial charge >= 0.3 is 0 Å². The van der Waals surface area contributed by atoms with Crippen LogP contribution in [-0.4, -0.2) is 18.8 Å². The van der Waals surface area contributed by atoms with Crippen LogP contribution < -0.4 is 10.6 Å². The lowest BCUT2D eigenvalue weighted by Gasteiger charge is -2.31. The fourth-order valence-electron chi connectivity index (χ4n) is 0.879. The van der Waals surface area contributed by atoms with Crippen LogP contribution in [-0.2, 0) is 0 Å². The maximum Gasteiger partial charge on any atom is 0.0458 e. The molecule has 0 aromatic rings. The Morgan fingerprint density at radius 3 is 2.38 bits per heavy atom. The third-order valence-corrected chi connectivity index (χ3v) is 1.62. The predicted octanol–water partition coefficient (Wildman–Crippen LogP) is 0.305. The van der Waals surface area contributed by atoms with Gasteiger partial charge in [0.2, 0.25) is 0 Å². The van der Waals surface area contributed by atoms with E-state index in [1.54, 1.807) is 0 Å². The quantitative estimate of drug-likeness (QED) is 0.473. The first kappa shape index (κ1) is 6.05. The summed E-state index contributed by atoms with van der Waals surface area (Å²) in [6.07, 6.45) is 1.23. The summed E-state index contributed by atoms with van der Waals surface area (Å²) in [6.45, 7) is 6.58. The summed E-state index contributed by atoms with van der Waals surface area (Å²) in [5.41, 5.74) is 0.366. The number of hydrogen-bond donors (Lipinski definition) is 2. The average Bonchev–Trinajstić information content (AvgIpc) is 1.65. The van der Waals surface area contributed by atoms with E-state index < -0.39 is 0 Å². The van der Waals surface area contributed by atoms with Crippen LogP contribution in [0.4, 0.5) is 0 Å². The second-order valence-electron chi connectivity index (χ2n) is 2.99. The van der Waals surface area contributed by atoms with E-state index in [9.17, 15) is 0 Å². The lowest BCUT2D eigenvalue weighted by molar-refractivity contribution is 0.297. The maximum absolute atomic E-state index is 3.35. The molecule has 1 aliphatic heterocycles. The Labute approximate surface area is 50.7 Å². The topological polar surface area (TPSA) is 24.1 Å². The van der Waals surface area contributed by atoms with Crippen LogP contribution in [0.5, 0.6) is 0 Å². The highest BCUT2D eigenvalue weighted by atomic mass is 15.1. The average molecular weight is 114 g/mol. The molecule has 0 radical (unpaired) electrons. The van der Waals surface area contributed by atoms with Crippen molar-refractivity contribution in [3.63, 3.8) is 0 Å². The molecule has 0 bridgehead atoms. The van der Waals surface area contributed by atoms with Crippen molar-refractivity contribution in [2.75, 3.05) is 13.2 Å². The van der Waals surface area contributed by atoms with E-state index in [0.29, 0.717) is 5.54 Å². The fraction of sp³-hybridized carbons (Fsp3) is 1.00. The van der Waals surface area contributed by atoms with Crippen LogP contribution in [0.2, 0.25) is 0 Å². The molecule has 0 aromatic heterocycles. The van der Waals surface area contributed by atoms with Crippen molar-refractivity contribution < 1.29 is 0 Å². The van der Waals surface area contributed by atoms with E-state index >= 15 is 0 Å². The molecule has 1 saturated heterocycles. The zero-order valence-electron chi connectivity index (χ0n) is 5.62. The van der Waals surface area contributed by atoms with Crippen molar-refractivity contribution in [3.8, 4) is 0 Å². The molecule has 1 heterocycles. The predicted molar refractivity (Wildman–Crippen MR) is 34.7 cm³/mol. The van der Waals surface area contributed by atoms with Crippen LogP contribution in [0.3, 0.4) is 0 Å². The smallest absolute Gasteiger partial charge is 0.0458 e. The molecular weight excluding hydrogens is 100 g/mol. The van der Waals surface area contributed by atoms with Gasteiger partial charge in [0.15, 0.2) is 0 Å². The number of rotatable bonds is 0. The normalized spacial score (nSPS) is 27.8. The molecule has 0 aliphatic carbocycles. The lowest BCUT2D eigenvalue weighted by Crippen LogP contribution is -2.51. The second kappa shape index (κ2) is 2.03. The summed E-state index contributed by atoms with van der Waals surface area (Å²) in [7, 11) is 0. The minimum Gasteiger partial charge on any atom is -0.304 e. The lowest BCUT2D eigenvalue weighted by atomic mass is 10.00. The standard InChI is InChI=1S/C6H14N2/c1-6(2)3-4-7-5-8-6/h7-8H,3-5H2,1-2H3. The van der Waals surface area contributed by atoms with E-state index in [-0.39, 0.29) is 0 Å². The van der Waals surface area contributed by atoms with Gasteiger partial charge in [-0.15, -0.1) is 0 Å². The van der Waals surface area contributed by atoms with Crippen molar-refractivity contribution >= 4 is 0 Å². The molecule has 1 fully saturated rings. The van der Waals surface area contributed by atoms with E-state index in [2.05, 4.69) is 24.5 Å². The number of hydrogen-bond acceptors (Lipinski definition) is 2. The van der Waals surface area contributed by atoms with Gasteiger partial charge in [0.1, 0.15) is 0 Å². The highest BCUT2D eigenvalue weighted by molar-refractivity contribution is 4.80. The van der Waals surface area contributed by atoms with Gasteiger partial charge < -0.3 is 5.32 Å². The Kier molecular flexibility index (Phi) is 1.54. The molecule has 0 spiro atoms. The van der Waals surface area contributed by atoms with Crippen molar-refractivity contribution in [3.05, 3.63) is 0 Å². The van der Waals surface area contributed by atoms with Crippen LogP contribution in [0, 0.1) is 0 Å². The zero-order valence-corrected chi connectivity index (χ0v) is 5.62. The van der Waals surface area contributed by atoms with Gasteiger partial charge in [0.05, 0.1) is 0 Å². The minimum absolute atomic E-state index is 0.366. The summed E-state index contributed by atoms with van der Waals surface area (Å²) in [5.74, 6) is 0. The monoisotopic (exact) mass is 114 g/mol. The minimum atomic E-state index is 0.366. The molecule has 48 valence electrons. The van der Waals surface area contributed by atoms with Crippen molar-refractivity contribution in [2.45, 2.75) is 25.8 Å². The Morgan fingerprint density at radius 2 is 2.12 bits per heavy atom. The molecule has 0 unspecified atom stereocenters. The first-order valence-electron chi connectivity index (χ1n) is 3.16. The van der Waals surface area contributed by atoms with Gasteiger partial charge in [0.25, 0.3) is 0 Å². The summed E-state index contributed by atoms with van der Waals surface area (Å²) in [4.78, 5) is 0. The second-order valence-corrected chi connectivity index (χ2v) is 2.99. The van der Waals surface area contributed by atoms with Crippen LogP contribution in [0.1, 0.15) is 20.3 Å². The molecule has 2 heteroatoms. The summed E-state index contributed by atoms with van der Waals surface area (Å²) >= 11 is 0. The highest BCUT2D eigenvalue weighted by Crippen LogP contribution is 2.07. The number of nitrogens with one attached hydrogen (secondary N) is 2. The SMILES string of the molecule is CC1(C)CCNCN1. The molecule has 2 N–H and O–H groups in total. The van der Waals surface area contributed by atoms with Gasteiger partial charge in [-0.3, -0.25) is 5.32 Å². The molecule has 1 aliphatic rings. The fourth-order valence-corrected chi connectivity index (χ4v) is 0.879. The Bertz CT molecular complexity index is 70.6. The molecular formula is C6H14N2. The third-order valence-electron chi connectivity index (χ3n) is 1.62. The first-order chi connectivity index (χ1) is 3.71. The Hall–Kier alpha value is -0.0800. The van der Waals surface area contributed by atoms with E-state index in [0.717, 1.165) is 13.2 Å². The van der Waals surface area contributed by atoms with E-state index in [4.69, 9.17) is 0 Å². The summed E-state index contributed by atoms with van der Waals surface area (Å²) < 4.78 is 0. The van der Waals surface area contributed by atoms with Crippen molar-refractivity contribution in [2.24, 2.45) is 0 Å². The van der Waals surface area contributed by atoms with Gasteiger partial charge in [-0.05, 0) is 26.8 Å². The highest BCUT2D eigenvalue weighted by Gasteiger charge is 2.18. The van der Waals surface area contributed by atoms with E-state index in [1.807, 2.05) is 0 Å². The Morgan fingerprint density at radius 1 is 1.38 bits per heavy atom. The molecule has 1 rings (SSSR count). The third kappa shape index (κ3) is 1.46. The molecule has 0 atom stereocenters. The van der Waals surface area contributed by atoms with Crippen LogP contribution >= 0.6 is 0 Å². The van der Waals surface area contributed by atoms with Gasteiger partial charge in [-0.1, -0.05) is 0 Å². The largest absolute Gasteiger partial charge is 0.304 e. The maximum atomic E-state index is 3.35. The molecule has 2 nitrogen and oxygen atoms in total. The van der Waals surface area contributed by atoms with Crippen LogP contribution in [0.15, 0.2) is 0 Å². The zero-order chi connectivity index (χ0) is 6.04. The Balaban J connectivity index is 2.33. The summed E-state index contributed by atoms with van der Waals surface area (Å²) in [6, 6.07) is 0. The van der Waals surface area contributed by atoms with Crippen molar-refractivity contribution in [1.29, 1.82) is 0 Å². The molecule has 0 amide bonds. The molecule has 8 heavy (non-hydrogen) atoms. The van der Waals surface area contributed by atoms with Gasteiger partial charge in [-0.2, -0.15) is 0 Å². The van der Waals surface area contributed by atoms with E-state index in [1.165, 1.54) is 6.42 Å². The molecule has 0 aromatic carbocycles. The van der Waals surface area contributed by atoms with Gasteiger partial charge in [-0.25, -0.2) is 0 Å². The van der Waals surface area contributed by atoms with Gasteiger partial charge in [0, 0.05) is 12.2 Å². The molecule has 0 saturated carbocycles. The summed E-state index contributed by atoms with van der Waals surface area (Å²) in [5, 5.41) is 6.58. The van der Waals surface area contributed by atoms with Crippen molar-refractivity contribution in [1.82, 2.24) is 10.6 Å². The first-order valence-corrected chi connectivity index (χ1v) is 3.16. The van der Waals surface area contributed by atoms with Crippen LogP contribution in [0.25, 0.3) is 0 Å².